The Labute approximate surface area is 99.2 Å². The van der Waals surface area contributed by atoms with Crippen LogP contribution in [0.5, 0.6) is 0 Å². The van der Waals surface area contributed by atoms with Gasteiger partial charge < -0.3 is 15.3 Å². The predicted molar refractivity (Wildman–Crippen MR) is 66.5 cm³/mol. The molecule has 94 valence electrons. The van der Waals surface area contributed by atoms with Crippen molar-refractivity contribution in [1.82, 2.24) is 10.2 Å². The van der Waals surface area contributed by atoms with Crippen LogP contribution in [0.4, 0.5) is 0 Å². The first-order chi connectivity index (χ1) is 7.74. The van der Waals surface area contributed by atoms with Crippen molar-refractivity contribution in [1.29, 1.82) is 0 Å². The van der Waals surface area contributed by atoms with Crippen molar-refractivity contribution in [3.63, 3.8) is 0 Å². The van der Waals surface area contributed by atoms with Crippen LogP contribution >= 0.6 is 0 Å². The minimum Gasteiger partial charge on any atom is -0.392 e. The van der Waals surface area contributed by atoms with Gasteiger partial charge in [-0.25, -0.2) is 0 Å². The number of aliphatic hydroxyl groups excluding tert-OH is 1. The van der Waals surface area contributed by atoms with Gasteiger partial charge in [0.15, 0.2) is 0 Å². The van der Waals surface area contributed by atoms with E-state index in [1.54, 1.807) is 0 Å². The predicted octanol–water partition coefficient (Wildman–Crippen LogP) is 1.22. The second kappa shape index (κ2) is 5.48. The molecular formula is C13H26N2O. The fourth-order valence-corrected chi connectivity index (χ4v) is 3.54. The van der Waals surface area contributed by atoms with E-state index >= 15 is 0 Å². The quantitative estimate of drug-likeness (QED) is 0.756. The summed E-state index contributed by atoms with van der Waals surface area (Å²) < 4.78 is 0. The Morgan fingerprint density at radius 3 is 2.69 bits per heavy atom. The fraction of sp³-hybridized carbons (Fsp3) is 1.00. The average molecular weight is 226 g/mol. The van der Waals surface area contributed by atoms with Crippen molar-refractivity contribution in [2.24, 2.45) is 5.41 Å². The zero-order valence-corrected chi connectivity index (χ0v) is 10.5. The fourth-order valence-electron chi connectivity index (χ4n) is 3.54. The molecule has 2 aliphatic rings. The molecule has 2 fully saturated rings. The number of hydrogen-bond donors (Lipinski definition) is 2. The van der Waals surface area contributed by atoms with Crippen LogP contribution in [0.2, 0.25) is 0 Å². The van der Waals surface area contributed by atoms with E-state index in [4.69, 9.17) is 0 Å². The highest BCUT2D eigenvalue weighted by atomic mass is 16.3. The maximum atomic E-state index is 9.71. The molecule has 0 spiro atoms. The van der Waals surface area contributed by atoms with E-state index in [0.29, 0.717) is 5.41 Å². The third kappa shape index (κ3) is 2.96. The first-order valence-electron chi connectivity index (χ1n) is 6.79. The van der Waals surface area contributed by atoms with Crippen molar-refractivity contribution in [3.05, 3.63) is 0 Å². The second-order valence-corrected chi connectivity index (χ2v) is 5.77. The van der Waals surface area contributed by atoms with Gasteiger partial charge in [-0.1, -0.05) is 12.8 Å². The van der Waals surface area contributed by atoms with E-state index < -0.39 is 0 Å². The summed E-state index contributed by atoms with van der Waals surface area (Å²) in [7, 11) is 2.06. The first-order valence-corrected chi connectivity index (χ1v) is 6.79. The number of nitrogens with one attached hydrogen (secondary N) is 1. The van der Waals surface area contributed by atoms with E-state index in [-0.39, 0.29) is 6.10 Å². The molecular weight excluding hydrogens is 200 g/mol. The zero-order chi connectivity index (χ0) is 11.4. The molecule has 3 nitrogen and oxygen atoms in total. The SMILES string of the molecule is CNCC1(CN2CCCC(O)C2)CCCC1. The summed E-state index contributed by atoms with van der Waals surface area (Å²) in [5.41, 5.74) is 0.492. The summed E-state index contributed by atoms with van der Waals surface area (Å²) in [6.45, 7) is 4.40. The van der Waals surface area contributed by atoms with Gasteiger partial charge in [0.05, 0.1) is 6.10 Å². The van der Waals surface area contributed by atoms with Crippen molar-refractivity contribution in [3.8, 4) is 0 Å². The minimum absolute atomic E-state index is 0.0817. The summed E-state index contributed by atoms with van der Waals surface area (Å²) in [6, 6.07) is 0. The Kier molecular flexibility index (Phi) is 4.22. The number of piperidine rings is 1. The van der Waals surface area contributed by atoms with Crippen LogP contribution in [0.15, 0.2) is 0 Å². The van der Waals surface area contributed by atoms with Gasteiger partial charge in [-0.2, -0.15) is 0 Å². The van der Waals surface area contributed by atoms with Gasteiger partial charge in [0.2, 0.25) is 0 Å². The van der Waals surface area contributed by atoms with E-state index in [0.717, 1.165) is 25.9 Å². The number of nitrogens with zero attached hydrogens (tertiary/aromatic N) is 1. The van der Waals surface area contributed by atoms with Crippen LogP contribution in [0, 0.1) is 5.41 Å². The molecule has 0 amide bonds. The summed E-state index contributed by atoms with van der Waals surface area (Å²) in [4.78, 5) is 2.48. The smallest absolute Gasteiger partial charge is 0.0667 e. The molecule has 0 bridgehead atoms. The first kappa shape index (κ1) is 12.3. The van der Waals surface area contributed by atoms with E-state index in [9.17, 15) is 5.11 Å². The van der Waals surface area contributed by atoms with Crippen LogP contribution in [-0.4, -0.2) is 49.3 Å². The summed E-state index contributed by atoms with van der Waals surface area (Å²) >= 11 is 0. The van der Waals surface area contributed by atoms with Crippen molar-refractivity contribution >= 4 is 0 Å². The minimum atomic E-state index is -0.0817. The zero-order valence-electron chi connectivity index (χ0n) is 10.5. The van der Waals surface area contributed by atoms with E-state index in [2.05, 4.69) is 17.3 Å². The molecule has 1 heterocycles. The lowest BCUT2D eigenvalue weighted by Crippen LogP contribution is -2.46. The highest BCUT2D eigenvalue weighted by molar-refractivity contribution is 4.90. The molecule has 1 aliphatic heterocycles. The number of likely N-dealkylation sites (tertiary alicyclic amines) is 1. The van der Waals surface area contributed by atoms with Crippen molar-refractivity contribution in [2.75, 3.05) is 33.2 Å². The Hall–Kier alpha value is -0.120. The molecule has 0 aromatic carbocycles. The van der Waals surface area contributed by atoms with Crippen LogP contribution < -0.4 is 5.32 Å². The van der Waals surface area contributed by atoms with Crippen molar-refractivity contribution < 1.29 is 5.11 Å². The van der Waals surface area contributed by atoms with Gasteiger partial charge in [-0.05, 0) is 44.7 Å². The highest BCUT2D eigenvalue weighted by Gasteiger charge is 2.35. The van der Waals surface area contributed by atoms with Crippen LogP contribution in [0.3, 0.4) is 0 Å². The third-order valence-electron chi connectivity index (χ3n) is 4.26. The lowest BCUT2D eigenvalue weighted by Gasteiger charge is -2.38. The molecule has 1 atom stereocenters. The Morgan fingerprint density at radius 1 is 1.31 bits per heavy atom. The van der Waals surface area contributed by atoms with Gasteiger partial charge >= 0.3 is 0 Å². The molecule has 0 radical (unpaired) electrons. The molecule has 3 heteroatoms. The van der Waals surface area contributed by atoms with Crippen molar-refractivity contribution in [2.45, 2.75) is 44.6 Å². The van der Waals surface area contributed by atoms with E-state index in [1.807, 2.05) is 0 Å². The maximum Gasteiger partial charge on any atom is 0.0667 e. The third-order valence-corrected chi connectivity index (χ3v) is 4.26. The van der Waals surface area contributed by atoms with Crippen LogP contribution in [0.1, 0.15) is 38.5 Å². The Balaban J connectivity index is 1.89. The maximum absolute atomic E-state index is 9.71. The molecule has 1 saturated heterocycles. The monoisotopic (exact) mass is 226 g/mol. The molecule has 0 aromatic heterocycles. The summed E-state index contributed by atoms with van der Waals surface area (Å²) in [5, 5.41) is 13.1. The topological polar surface area (TPSA) is 35.5 Å². The van der Waals surface area contributed by atoms with Gasteiger partial charge in [0, 0.05) is 19.6 Å². The number of hydrogen-bond acceptors (Lipinski definition) is 3. The van der Waals surface area contributed by atoms with Crippen LogP contribution in [0.25, 0.3) is 0 Å². The lowest BCUT2D eigenvalue weighted by molar-refractivity contribution is 0.0442. The lowest BCUT2D eigenvalue weighted by atomic mass is 9.85. The molecule has 0 aromatic rings. The van der Waals surface area contributed by atoms with Gasteiger partial charge in [0.25, 0.3) is 0 Å². The highest BCUT2D eigenvalue weighted by Crippen LogP contribution is 2.38. The van der Waals surface area contributed by atoms with Gasteiger partial charge in [-0.15, -0.1) is 0 Å². The Morgan fingerprint density at radius 2 is 2.06 bits per heavy atom. The summed E-state index contributed by atoms with van der Waals surface area (Å²) in [6.07, 6.45) is 7.57. The molecule has 1 aliphatic carbocycles. The molecule has 16 heavy (non-hydrogen) atoms. The second-order valence-electron chi connectivity index (χ2n) is 5.77. The van der Waals surface area contributed by atoms with Crippen LogP contribution in [-0.2, 0) is 0 Å². The average Bonchev–Trinajstić information content (AvgIpc) is 2.67. The normalized spacial score (nSPS) is 30.8. The number of β-amino-alcohol motifs (C(OH)–C–C–N with tert-alkyl or cyclic N) is 1. The number of aliphatic hydroxyl groups is 1. The number of rotatable bonds is 4. The Bertz CT molecular complexity index is 214. The van der Waals surface area contributed by atoms with Gasteiger partial charge in [-0.3, -0.25) is 0 Å². The summed E-state index contributed by atoms with van der Waals surface area (Å²) in [5.74, 6) is 0. The standard InChI is InChI=1S/C13H26N2O/c1-14-10-13(6-2-3-7-13)11-15-8-4-5-12(16)9-15/h12,14,16H,2-11H2,1H3. The molecule has 2 rings (SSSR count). The van der Waals surface area contributed by atoms with Gasteiger partial charge in [0.1, 0.15) is 0 Å². The largest absolute Gasteiger partial charge is 0.392 e. The van der Waals surface area contributed by atoms with E-state index in [1.165, 1.54) is 38.8 Å². The molecule has 1 unspecified atom stereocenters. The molecule has 1 saturated carbocycles. The molecule has 2 N–H and O–H groups in total.